The van der Waals surface area contributed by atoms with E-state index in [1.165, 1.54) is 29.7 Å². The molecule has 0 aromatic heterocycles. The van der Waals surface area contributed by atoms with Gasteiger partial charge < -0.3 is 20.5 Å². The zero-order chi connectivity index (χ0) is 21.1. The van der Waals surface area contributed by atoms with Crippen molar-refractivity contribution in [3.05, 3.63) is 71.3 Å². The van der Waals surface area contributed by atoms with Crippen molar-refractivity contribution in [2.75, 3.05) is 19.0 Å². The first-order valence-corrected chi connectivity index (χ1v) is 9.67. The molecule has 0 unspecified atom stereocenters. The third-order valence-electron chi connectivity index (χ3n) is 5.12. The zero-order valence-corrected chi connectivity index (χ0v) is 16.6. The largest absolute Gasteiger partial charge is 0.493 e. The van der Waals surface area contributed by atoms with Gasteiger partial charge in [0.1, 0.15) is 0 Å². The Morgan fingerprint density at radius 2 is 1.87 bits per heavy atom. The van der Waals surface area contributed by atoms with Crippen molar-refractivity contribution >= 4 is 34.4 Å². The molecule has 4 rings (SSSR count). The highest BCUT2D eigenvalue weighted by atomic mass is 16.5. The molecule has 3 aromatic rings. The molecule has 2 amide bonds. The molecule has 0 aliphatic heterocycles. The first-order chi connectivity index (χ1) is 14.5. The van der Waals surface area contributed by atoms with E-state index in [-0.39, 0.29) is 12.5 Å². The van der Waals surface area contributed by atoms with Crippen LogP contribution in [0.1, 0.15) is 16.7 Å². The molecular weight excluding hydrogens is 380 g/mol. The molecule has 1 aliphatic carbocycles. The van der Waals surface area contributed by atoms with Crippen LogP contribution in [-0.4, -0.2) is 25.5 Å². The molecule has 0 bridgehead atoms. The number of amides is 2. The lowest BCUT2D eigenvalue weighted by Crippen LogP contribution is -2.20. The molecule has 0 atom stereocenters. The van der Waals surface area contributed by atoms with Gasteiger partial charge in [0.25, 0.3) is 5.91 Å². The summed E-state index contributed by atoms with van der Waals surface area (Å²) in [6.45, 7) is -0.234. The van der Waals surface area contributed by atoms with Crippen LogP contribution in [0.5, 0.6) is 11.5 Å². The van der Waals surface area contributed by atoms with Gasteiger partial charge in [0.2, 0.25) is 5.91 Å². The van der Waals surface area contributed by atoms with Gasteiger partial charge in [-0.3, -0.25) is 9.59 Å². The Bertz CT molecular complexity index is 1160. The van der Waals surface area contributed by atoms with Crippen LogP contribution in [0.4, 0.5) is 5.69 Å². The number of primary amides is 1. The van der Waals surface area contributed by atoms with E-state index < -0.39 is 5.91 Å². The van der Waals surface area contributed by atoms with Crippen LogP contribution in [0.15, 0.2) is 54.6 Å². The van der Waals surface area contributed by atoms with Gasteiger partial charge in [-0.1, -0.05) is 30.3 Å². The maximum absolute atomic E-state index is 12.5. The second-order valence-electron chi connectivity index (χ2n) is 7.10. The highest BCUT2D eigenvalue weighted by molar-refractivity contribution is 6.09. The van der Waals surface area contributed by atoms with E-state index in [2.05, 4.69) is 17.4 Å². The Labute approximate surface area is 174 Å². The summed E-state index contributed by atoms with van der Waals surface area (Å²) in [7, 11) is 1.50. The number of carbonyl (C=O) groups is 2. The molecule has 6 heteroatoms. The van der Waals surface area contributed by atoms with Crippen molar-refractivity contribution < 1.29 is 19.1 Å². The van der Waals surface area contributed by atoms with Crippen molar-refractivity contribution in [3.8, 4) is 11.5 Å². The lowest BCUT2D eigenvalue weighted by molar-refractivity contribution is -0.120. The molecule has 3 N–H and O–H groups in total. The van der Waals surface area contributed by atoms with E-state index in [4.69, 9.17) is 15.2 Å². The lowest BCUT2D eigenvalue weighted by Gasteiger charge is -2.10. The monoisotopic (exact) mass is 402 g/mol. The Morgan fingerprint density at radius 3 is 2.63 bits per heavy atom. The number of carbonyl (C=O) groups excluding carboxylic acids is 2. The number of nitrogens with one attached hydrogen (secondary N) is 1. The van der Waals surface area contributed by atoms with Crippen molar-refractivity contribution in [3.63, 3.8) is 0 Å². The fraction of sp³-hybridized carbons (Fsp3) is 0.167. The maximum Gasteiger partial charge on any atom is 0.255 e. The summed E-state index contributed by atoms with van der Waals surface area (Å²) >= 11 is 0. The van der Waals surface area contributed by atoms with E-state index in [0.717, 1.165) is 29.5 Å². The summed E-state index contributed by atoms with van der Waals surface area (Å²) in [6.07, 6.45) is 5.26. The van der Waals surface area contributed by atoms with Crippen LogP contribution in [0.2, 0.25) is 0 Å². The highest BCUT2D eigenvalue weighted by Gasteiger charge is 2.16. The minimum atomic E-state index is -0.569. The first kappa shape index (κ1) is 19.5. The normalized spacial score (nSPS) is 12.3. The van der Waals surface area contributed by atoms with Crippen LogP contribution >= 0.6 is 0 Å². The second-order valence-corrected chi connectivity index (χ2v) is 7.10. The minimum Gasteiger partial charge on any atom is -0.493 e. The Kier molecular flexibility index (Phi) is 5.39. The number of benzene rings is 3. The third kappa shape index (κ3) is 3.98. The van der Waals surface area contributed by atoms with E-state index in [1.807, 2.05) is 18.2 Å². The molecule has 0 fully saturated rings. The van der Waals surface area contributed by atoms with Gasteiger partial charge >= 0.3 is 0 Å². The molecule has 6 nitrogen and oxygen atoms in total. The van der Waals surface area contributed by atoms with Crippen LogP contribution in [0.3, 0.4) is 0 Å². The lowest BCUT2D eigenvalue weighted by atomic mass is 10.0. The van der Waals surface area contributed by atoms with Gasteiger partial charge in [-0.2, -0.15) is 0 Å². The first-order valence-electron chi connectivity index (χ1n) is 9.67. The quantitative estimate of drug-likeness (QED) is 0.592. The number of rotatable bonds is 7. The second kappa shape index (κ2) is 8.29. The topological polar surface area (TPSA) is 90.7 Å². The summed E-state index contributed by atoms with van der Waals surface area (Å²) in [5, 5.41) is 5.31. The molecule has 30 heavy (non-hydrogen) atoms. The Hall–Kier alpha value is -3.80. The molecule has 0 saturated carbocycles. The van der Waals surface area contributed by atoms with Crippen molar-refractivity contribution in [1.82, 2.24) is 0 Å². The fourth-order valence-corrected chi connectivity index (χ4v) is 3.76. The number of methoxy groups -OCH3 is 1. The molecule has 0 heterocycles. The number of ether oxygens (including phenoxy) is 2. The molecular formula is C24H22N2O4. The van der Waals surface area contributed by atoms with Gasteiger partial charge in [0, 0.05) is 17.1 Å². The summed E-state index contributed by atoms with van der Waals surface area (Å²) in [6, 6.07) is 15.4. The van der Waals surface area contributed by atoms with Crippen LogP contribution < -0.4 is 20.5 Å². The van der Waals surface area contributed by atoms with Crippen molar-refractivity contribution in [1.29, 1.82) is 0 Å². The predicted molar refractivity (Wildman–Crippen MR) is 117 cm³/mol. The summed E-state index contributed by atoms with van der Waals surface area (Å²) in [5.41, 5.74) is 9.33. The minimum absolute atomic E-state index is 0.221. The van der Waals surface area contributed by atoms with Crippen LogP contribution in [-0.2, 0) is 22.4 Å². The third-order valence-corrected chi connectivity index (χ3v) is 5.12. The number of nitrogens with two attached hydrogens (primary N) is 1. The SMILES string of the molecule is COc1cc(/C=C/C(=O)Nc2ccc3c4c(cccc24)CC3)ccc1OCC(N)=O. The smallest absolute Gasteiger partial charge is 0.255 e. The number of hydrogen-bond donors (Lipinski definition) is 2. The van der Waals surface area contributed by atoms with E-state index in [0.29, 0.717) is 11.5 Å². The van der Waals surface area contributed by atoms with Crippen LogP contribution in [0, 0.1) is 0 Å². The van der Waals surface area contributed by atoms with Gasteiger partial charge in [-0.05, 0) is 59.2 Å². The molecule has 0 spiro atoms. The fourth-order valence-electron chi connectivity index (χ4n) is 3.76. The van der Waals surface area contributed by atoms with Crippen molar-refractivity contribution in [2.24, 2.45) is 5.73 Å². The summed E-state index contributed by atoms with van der Waals surface area (Å²) in [4.78, 5) is 23.4. The Balaban J connectivity index is 1.50. The summed E-state index contributed by atoms with van der Waals surface area (Å²) < 4.78 is 10.6. The van der Waals surface area contributed by atoms with Gasteiger partial charge in [-0.15, -0.1) is 0 Å². The van der Waals surface area contributed by atoms with Gasteiger partial charge in [-0.25, -0.2) is 0 Å². The molecule has 3 aromatic carbocycles. The highest BCUT2D eigenvalue weighted by Crippen LogP contribution is 2.35. The molecule has 1 aliphatic rings. The molecule has 0 radical (unpaired) electrons. The number of anilines is 1. The Morgan fingerprint density at radius 1 is 1.07 bits per heavy atom. The average Bonchev–Trinajstić information content (AvgIpc) is 3.17. The van der Waals surface area contributed by atoms with E-state index in [9.17, 15) is 9.59 Å². The van der Waals surface area contributed by atoms with Gasteiger partial charge in [0.15, 0.2) is 18.1 Å². The number of aryl methyl sites for hydroxylation is 2. The number of hydrogen-bond acceptors (Lipinski definition) is 4. The zero-order valence-electron chi connectivity index (χ0n) is 16.6. The van der Waals surface area contributed by atoms with E-state index >= 15 is 0 Å². The predicted octanol–water partition coefficient (Wildman–Crippen LogP) is 3.46. The standard InChI is InChI=1S/C24H22N2O4/c1-29-21-13-15(5-11-20(21)30-14-22(25)27)6-12-23(28)26-19-10-9-17-8-7-16-3-2-4-18(19)24(16)17/h2-6,9-13H,7-8,14H2,1H3,(H2,25,27)(H,26,28)/b12-6+. The van der Waals surface area contributed by atoms with Gasteiger partial charge in [0.05, 0.1) is 7.11 Å². The molecule has 152 valence electrons. The van der Waals surface area contributed by atoms with Crippen LogP contribution in [0.25, 0.3) is 16.8 Å². The average molecular weight is 402 g/mol. The van der Waals surface area contributed by atoms with Crippen molar-refractivity contribution in [2.45, 2.75) is 12.8 Å². The maximum atomic E-state index is 12.5. The van der Waals surface area contributed by atoms with E-state index in [1.54, 1.807) is 24.3 Å². The summed E-state index contributed by atoms with van der Waals surface area (Å²) in [5.74, 6) is 0.0690. The molecule has 0 saturated heterocycles.